The van der Waals surface area contributed by atoms with Crippen LogP contribution in [0.25, 0.3) is 0 Å². The van der Waals surface area contributed by atoms with Gasteiger partial charge in [0.1, 0.15) is 6.61 Å². The van der Waals surface area contributed by atoms with E-state index in [0.717, 1.165) is 24.2 Å². The molecule has 0 spiro atoms. The quantitative estimate of drug-likeness (QED) is 0.767. The summed E-state index contributed by atoms with van der Waals surface area (Å²) in [5.74, 6) is 0.727. The summed E-state index contributed by atoms with van der Waals surface area (Å²) >= 11 is 0. The topological polar surface area (TPSA) is 61.0 Å². The Morgan fingerprint density at radius 2 is 2.00 bits per heavy atom. The Hall–Kier alpha value is -1.00. The van der Waals surface area contributed by atoms with Gasteiger partial charge in [0, 0.05) is 25.0 Å². The van der Waals surface area contributed by atoms with E-state index in [1.807, 2.05) is 19.3 Å². The van der Waals surface area contributed by atoms with Crippen LogP contribution in [-0.4, -0.2) is 22.6 Å². The lowest BCUT2D eigenvalue weighted by atomic mass is 10.1. The number of nitrogens with two attached hydrogens (primary N) is 1. The van der Waals surface area contributed by atoms with E-state index in [-0.39, 0.29) is 6.04 Å². The Morgan fingerprint density at radius 3 is 2.53 bits per heavy atom. The van der Waals surface area contributed by atoms with E-state index in [9.17, 15) is 0 Å². The molecule has 4 nitrogen and oxygen atoms in total. The molecule has 0 saturated heterocycles. The maximum Gasteiger partial charge on any atom is 0.153 e. The number of aromatic nitrogens is 2. The van der Waals surface area contributed by atoms with E-state index in [1.54, 1.807) is 0 Å². The first-order chi connectivity index (χ1) is 7.26. The van der Waals surface area contributed by atoms with Crippen LogP contribution in [0.4, 0.5) is 0 Å². The number of hydrogen-bond donors (Lipinski definition) is 1. The third-order valence-corrected chi connectivity index (χ3v) is 2.22. The number of ether oxygens (including phenoxy) is 1. The molecule has 1 aromatic rings. The van der Waals surface area contributed by atoms with Crippen molar-refractivity contribution in [2.45, 2.75) is 39.3 Å². The second-order valence-corrected chi connectivity index (χ2v) is 3.52. The third-order valence-electron chi connectivity index (χ3n) is 2.22. The summed E-state index contributed by atoms with van der Waals surface area (Å²) in [7, 11) is 0. The molecular formula is C11H19N3O. The second kappa shape index (κ2) is 6.48. The van der Waals surface area contributed by atoms with Crippen molar-refractivity contribution in [3.63, 3.8) is 0 Å². The Kier molecular flexibility index (Phi) is 5.21. The molecule has 0 aliphatic carbocycles. The lowest BCUT2D eigenvalue weighted by molar-refractivity contribution is 0.128. The van der Waals surface area contributed by atoms with Crippen molar-refractivity contribution >= 4 is 0 Å². The predicted octanol–water partition coefficient (Wildman–Crippen LogP) is 1.29. The zero-order valence-corrected chi connectivity index (χ0v) is 9.44. The molecule has 0 fully saturated rings. The molecule has 15 heavy (non-hydrogen) atoms. The van der Waals surface area contributed by atoms with Gasteiger partial charge < -0.3 is 10.5 Å². The van der Waals surface area contributed by atoms with Gasteiger partial charge >= 0.3 is 0 Å². The van der Waals surface area contributed by atoms with Crippen LogP contribution in [0.1, 0.15) is 31.7 Å². The maximum absolute atomic E-state index is 5.84. The highest BCUT2D eigenvalue weighted by Crippen LogP contribution is 2.02. The first-order valence-corrected chi connectivity index (χ1v) is 5.39. The Bertz CT molecular complexity index is 274. The minimum atomic E-state index is 0.200. The molecule has 1 rings (SSSR count). The number of hydrogen-bond acceptors (Lipinski definition) is 4. The summed E-state index contributed by atoms with van der Waals surface area (Å²) in [6, 6.07) is 0.200. The van der Waals surface area contributed by atoms with Gasteiger partial charge in [-0.05, 0) is 25.3 Å². The summed E-state index contributed by atoms with van der Waals surface area (Å²) in [6.07, 6.45) is 5.47. The van der Waals surface area contributed by atoms with Gasteiger partial charge in [0.2, 0.25) is 0 Å². The van der Waals surface area contributed by atoms with Gasteiger partial charge in [0.15, 0.2) is 5.82 Å². The van der Waals surface area contributed by atoms with Gasteiger partial charge in [0.05, 0.1) is 0 Å². The largest absolute Gasteiger partial charge is 0.374 e. The zero-order valence-electron chi connectivity index (χ0n) is 9.44. The summed E-state index contributed by atoms with van der Waals surface area (Å²) in [6.45, 7) is 5.20. The first kappa shape index (κ1) is 12.1. The van der Waals surface area contributed by atoms with E-state index in [0.29, 0.717) is 13.2 Å². The molecule has 0 saturated carbocycles. The summed E-state index contributed by atoms with van der Waals surface area (Å²) in [5.41, 5.74) is 6.93. The Morgan fingerprint density at radius 1 is 1.33 bits per heavy atom. The Labute approximate surface area is 90.9 Å². The molecular weight excluding hydrogens is 190 g/mol. The fourth-order valence-corrected chi connectivity index (χ4v) is 1.20. The van der Waals surface area contributed by atoms with Crippen molar-refractivity contribution in [1.29, 1.82) is 0 Å². The number of rotatable bonds is 6. The standard InChI is InChI=1S/C11H19N3O/c1-3-10(12)5-9-6-13-11(14-7-9)8-15-4-2/h6-7,10H,3-5,8,12H2,1-2H3. The number of nitrogens with zero attached hydrogens (tertiary/aromatic N) is 2. The normalized spacial score (nSPS) is 12.7. The fourth-order valence-electron chi connectivity index (χ4n) is 1.20. The SMILES string of the molecule is CCOCc1ncc(CC(N)CC)cn1. The molecule has 0 aliphatic rings. The molecule has 0 radical (unpaired) electrons. The van der Waals surface area contributed by atoms with Crippen LogP contribution < -0.4 is 5.73 Å². The molecule has 1 unspecified atom stereocenters. The highest BCUT2D eigenvalue weighted by Gasteiger charge is 2.02. The molecule has 84 valence electrons. The summed E-state index contributed by atoms with van der Waals surface area (Å²) in [4.78, 5) is 8.42. The fraction of sp³-hybridized carbons (Fsp3) is 0.636. The van der Waals surface area contributed by atoms with Crippen molar-refractivity contribution in [3.05, 3.63) is 23.8 Å². The van der Waals surface area contributed by atoms with Crippen molar-refractivity contribution in [1.82, 2.24) is 9.97 Å². The van der Waals surface area contributed by atoms with Crippen molar-refractivity contribution < 1.29 is 4.74 Å². The monoisotopic (exact) mass is 209 g/mol. The highest BCUT2D eigenvalue weighted by molar-refractivity contribution is 5.06. The van der Waals surface area contributed by atoms with E-state index in [2.05, 4.69) is 16.9 Å². The lowest BCUT2D eigenvalue weighted by Gasteiger charge is -2.08. The first-order valence-electron chi connectivity index (χ1n) is 5.39. The predicted molar refractivity (Wildman–Crippen MR) is 59.3 cm³/mol. The lowest BCUT2D eigenvalue weighted by Crippen LogP contribution is -2.21. The van der Waals surface area contributed by atoms with E-state index in [1.165, 1.54) is 0 Å². The van der Waals surface area contributed by atoms with Crippen molar-refractivity contribution in [3.8, 4) is 0 Å². The maximum atomic E-state index is 5.84. The van der Waals surface area contributed by atoms with Gasteiger partial charge in [0.25, 0.3) is 0 Å². The van der Waals surface area contributed by atoms with Crippen molar-refractivity contribution in [2.24, 2.45) is 5.73 Å². The van der Waals surface area contributed by atoms with E-state index >= 15 is 0 Å². The molecule has 4 heteroatoms. The van der Waals surface area contributed by atoms with Gasteiger partial charge in [-0.15, -0.1) is 0 Å². The average Bonchev–Trinajstić information content (AvgIpc) is 2.28. The van der Waals surface area contributed by atoms with Gasteiger partial charge in [-0.3, -0.25) is 0 Å². The average molecular weight is 209 g/mol. The van der Waals surface area contributed by atoms with Crippen LogP contribution in [0.5, 0.6) is 0 Å². The van der Waals surface area contributed by atoms with Crippen LogP contribution in [0.2, 0.25) is 0 Å². The molecule has 1 heterocycles. The zero-order chi connectivity index (χ0) is 11.1. The molecule has 0 bridgehead atoms. The van der Waals surface area contributed by atoms with Crippen LogP contribution >= 0.6 is 0 Å². The Balaban J connectivity index is 2.48. The molecule has 0 amide bonds. The molecule has 1 aromatic heterocycles. The second-order valence-electron chi connectivity index (χ2n) is 3.52. The van der Waals surface area contributed by atoms with E-state index in [4.69, 9.17) is 10.5 Å². The van der Waals surface area contributed by atoms with E-state index < -0.39 is 0 Å². The van der Waals surface area contributed by atoms with Gasteiger partial charge in [-0.25, -0.2) is 9.97 Å². The molecule has 0 aliphatic heterocycles. The van der Waals surface area contributed by atoms with Crippen LogP contribution in [0, 0.1) is 0 Å². The molecule has 2 N–H and O–H groups in total. The minimum absolute atomic E-state index is 0.200. The molecule has 1 atom stereocenters. The summed E-state index contributed by atoms with van der Waals surface area (Å²) < 4.78 is 5.21. The highest BCUT2D eigenvalue weighted by atomic mass is 16.5. The van der Waals surface area contributed by atoms with Crippen LogP contribution in [0.3, 0.4) is 0 Å². The summed E-state index contributed by atoms with van der Waals surface area (Å²) in [5, 5.41) is 0. The van der Waals surface area contributed by atoms with Gasteiger partial charge in [-0.1, -0.05) is 6.92 Å². The van der Waals surface area contributed by atoms with Crippen molar-refractivity contribution in [2.75, 3.05) is 6.61 Å². The third kappa shape index (κ3) is 4.36. The van der Waals surface area contributed by atoms with Crippen LogP contribution in [-0.2, 0) is 17.8 Å². The van der Waals surface area contributed by atoms with Crippen LogP contribution in [0.15, 0.2) is 12.4 Å². The smallest absolute Gasteiger partial charge is 0.153 e. The van der Waals surface area contributed by atoms with Gasteiger partial charge in [-0.2, -0.15) is 0 Å². The minimum Gasteiger partial charge on any atom is -0.374 e. The molecule has 0 aromatic carbocycles.